The summed E-state index contributed by atoms with van der Waals surface area (Å²) in [5.74, 6) is 0.300. The predicted molar refractivity (Wildman–Crippen MR) is 73.0 cm³/mol. The second kappa shape index (κ2) is 5.48. The second-order valence-electron chi connectivity index (χ2n) is 4.24. The lowest BCUT2D eigenvalue weighted by atomic mass is 9.96. The molecule has 0 heterocycles. The SMILES string of the molecule is COc1ccccc1C(=O)c1cc(C)ccc1C=O. The highest BCUT2D eigenvalue weighted by atomic mass is 16.5. The third-order valence-corrected chi connectivity index (χ3v) is 2.93. The Hall–Kier alpha value is -2.42. The highest BCUT2D eigenvalue weighted by Gasteiger charge is 2.17. The maximum absolute atomic E-state index is 12.5. The Morgan fingerprint density at radius 1 is 1.11 bits per heavy atom. The van der Waals surface area contributed by atoms with Crippen LogP contribution < -0.4 is 4.74 Å². The Balaban J connectivity index is 2.55. The molecule has 0 aromatic heterocycles. The summed E-state index contributed by atoms with van der Waals surface area (Å²) in [6.45, 7) is 1.88. The molecular formula is C16H14O3. The van der Waals surface area contributed by atoms with Crippen molar-refractivity contribution >= 4 is 12.1 Å². The van der Waals surface area contributed by atoms with Gasteiger partial charge in [-0.1, -0.05) is 29.8 Å². The summed E-state index contributed by atoms with van der Waals surface area (Å²) in [5.41, 5.74) is 2.18. The van der Waals surface area contributed by atoms with Gasteiger partial charge in [-0.15, -0.1) is 0 Å². The molecule has 0 amide bonds. The third-order valence-electron chi connectivity index (χ3n) is 2.93. The second-order valence-corrected chi connectivity index (χ2v) is 4.24. The molecule has 2 aromatic rings. The number of carbonyl (C=O) groups is 2. The molecule has 0 aliphatic heterocycles. The molecule has 0 radical (unpaired) electrons. The van der Waals surface area contributed by atoms with Gasteiger partial charge in [-0.05, 0) is 25.1 Å². The fraction of sp³-hybridized carbons (Fsp3) is 0.125. The smallest absolute Gasteiger partial charge is 0.197 e. The molecule has 0 unspecified atom stereocenters. The van der Waals surface area contributed by atoms with Crippen molar-refractivity contribution in [2.45, 2.75) is 6.92 Å². The van der Waals surface area contributed by atoms with Gasteiger partial charge in [-0.25, -0.2) is 0 Å². The average molecular weight is 254 g/mol. The van der Waals surface area contributed by atoms with Crippen molar-refractivity contribution in [1.82, 2.24) is 0 Å². The minimum Gasteiger partial charge on any atom is -0.496 e. The van der Waals surface area contributed by atoms with Gasteiger partial charge in [0.2, 0.25) is 0 Å². The largest absolute Gasteiger partial charge is 0.496 e. The van der Waals surface area contributed by atoms with Gasteiger partial charge in [-0.2, -0.15) is 0 Å². The molecule has 0 saturated carbocycles. The quantitative estimate of drug-likeness (QED) is 0.622. The summed E-state index contributed by atoms with van der Waals surface area (Å²) in [6, 6.07) is 12.2. The molecule has 0 saturated heterocycles. The van der Waals surface area contributed by atoms with Crippen LogP contribution in [0.2, 0.25) is 0 Å². The van der Waals surface area contributed by atoms with Crippen LogP contribution in [0, 0.1) is 6.92 Å². The molecule has 0 bridgehead atoms. The minimum absolute atomic E-state index is 0.205. The van der Waals surface area contributed by atoms with Crippen LogP contribution >= 0.6 is 0 Å². The first-order valence-electron chi connectivity index (χ1n) is 5.91. The first kappa shape index (κ1) is 13.0. The van der Waals surface area contributed by atoms with Crippen molar-refractivity contribution in [1.29, 1.82) is 0 Å². The first-order valence-corrected chi connectivity index (χ1v) is 5.91. The maximum Gasteiger partial charge on any atom is 0.197 e. The van der Waals surface area contributed by atoms with E-state index in [1.54, 1.807) is 36.4 Å². The summed E-state index contributed by atoms with van der Waals surface area (Å²) in [6.07, 6.45) is 0.697. The lowest BCUT2D eigenvalue weighted by Crippen LogP contribution is -2.07. The molecule has 0 aliphatic rings. The number of hydrogen-bond donors (Lipinski definition) is 0. The molecular weight excluding hydrogens is 240 g/mol. The molecule has 3 heteroatoms. The lowest BCUT2D eigenvalue weighted by Gasteiger charge is -2.09. The fourth-order valence-electron chi connectivity index (χ4n) is 1.95. The number of rotatable bonds is 4. The van der Waals surface area contributed by atoms with Crippen LogP contribution in [0.1, 0.15) is 31.8 Å². The van der Waals surface area contributed by atoms with E-state index in [1.165, 1.54) is 7.11 Å². The number of aldehydes is 1. The standard InChI is InChI=1S/C16H14O3/c1-11-7-8-12(10-17)14(9-11)16(18)13-5-3-4-6-15(13)19-2/h3-10H,1-2H3. The molecule has 0 fully saturated rings. The van der Waals surface area contributed by atoms with Crippen molar-refractivity contribution in [2.24, 2.45) is 0 Å². The molecule has 0 spiro atoms. The van der Waals surface area contributed by atoms with Gasteiger partial charge in [0, 0.05) is 11.1 Å². The van der Waals surface area contributed by atoms with Gasteiger partial charge in [0.05, 0.1) is 12.7 Å². The topological polar surface area (TPSA) is 43.4 Å². The highest BCUT2D eigenvalue weighted by molar-refractivity contribution is 6.14. The van der Waals surface area contributed by atoms with E-state index >= 15 is 0 Å². The number of methoxy groups -OCH3 is 1. The zero-order valence-corrected chi connectivity index (χ0v) is 10.8. The van der Waals surface area contributed by atoms with Crippen LogP contribution in [0.3, 0.4) is 0 Å². The summed E-state index contributed by atoms with van der Waals surface area (Å²) in [4.78, 5) is 23.6. The Morgan fingerprint density at radius 3 is 2.53 bits per heavy atom. The predicted octanol–water partition coefficient (Wildman–Crippen LogP) is 3.05. The molecule has 3 nitrogen and oxygen atoms in total. The number of carbonyl (C=O) groups excluding carboxylic acids is 2. The summed E-state index contributed by atoms with van der Waals surface area (Å²) < 4.78 is 5.18. The number of aryl methyl sites for hydroxylation is 1. The van der Waals surface area contributed by atoms with Crippen LogP contribution in [0.5, 0.6) is 5.75 Å². The van der Waals surface area contributed by atoms with Gasteiger partial charge in [0.15, 0.2) is 12.1 Å². The monoisotopic (exact) mass is 254 g/mol. The molecule has 96 valence electrons. The van der Waals surface area contributed by atoms with Gasteiger partial charge in [0.25, 0.3) is 0 Å². The van der Waals surface area contributed by atoms with E-state index in [2.05, 4.69) is 0 Å². The normalized spacial score (nSPS) is 10.0. The molecule has 0 atom stereocenters. The van der Waals surface area contributed by atoms with Crippen LogP contribution in [-0.4, -0.2) is 19.2 Å². The summed E-state index contributed by atoms with van der Waals surface area (Å²) >= 11 is 0. The van der Waals surface area contributed by atoms with Crippen LogP contribution in [-0.2, 0) is 0 Å². The van der Waals surface area contributed by atoms with Crippen molar-refractivity contribution in [2.75, 3.05) is 7.11 Å². The van der Waals surface area contributed by atoms with E-state index < -0.39 is 0 Å². The summed E-state index contributed by atoms with van der Waals surface area (Å²) in [7, 11) is 1.52. The lowest BCUT2D eigenvalue weighted by molar-refractivity contribution is 0.102. The number of ketones is 1. The molecule has 2 aromatic carbocycles. The Morgan fingerprint density at radius 2 is 1.84 bits per heavy atom. The minimum atomic E-state index is -0.205. The third kappa shape index (κ3) is 2.55. The molecule has 0 N–H and O–H groups in total. The number of ether oxygens (including phenoxy) is 1. The Bertz CT molecular complexity index is 630. The Labute approximate surface area is 111 Å². The van der Waals surface area contributed by atoms with E-state index in [-0.39, 0.29) is 5.78 Å². The van der Waals surface area contributed by atoms with Crippen LogP contribution in [0.15, 0.2) is 42.5 Å². The number of benzene rings is 2. The van der Waals surface area contributed by atoms with Crippen molar-refractivity contribution in [3.05, 3.63) is 64.7 Å². The first-order chi connectivity index (χ1) is 9.17. The summed E-state index contributed by atoms with van der Waals surface area (Å²) in [5, 5.41) is 0. The van der Waals surface area contributed by atoms with E-state index in [0.29, 0.717) is 28.7 Å². The number of hydrogen-bond acceptors (Lipinski definition) is 3. The van der Waals surface area contributed by atoms with E-state index in [4.69, 9.17) is 4.74 Å². The van der Waals surface area contributed by atoms with Crippen molar-refractivity contribution < 1.29 is 14.3 Å². The van der Waals surface area contributed by atoms with Gasteiger partial charge >= 0.3 is 0 Å². The fourth-order valence-corrected chi connectivity index (χ4v) is 1.95. The van der Waals surface area contributed by atoms with Crippen LogP contribution in [0.25, 0.3) is 0 Å². The average Bonchev–Trinajstić information content (AvgIpc) is 2.46. The van der Waals surface area contributed by atoms with Crippen molar-refractivity contribution in [3.63, 3.8) is 0 Å². The zero-order valence-electron chi connectivity index (χ0n) is 10.8. The number of para-hydroxylation sites is 1. The van der Waals surface area contributed by atoms with E-state index in [9.17, 15) is 9.59 Å². The van der Waals surface area contributed by atoms with Crippen LogP contribution in [0.4, 0.5) is 0 Å². The molecule has 19 heavy (non-hydrogen) atoms. The molecule has 0 aliphatic carbocycles. The maximum atomic E-state index is 12.5. The van der Waals surface area contributed by atoms with E-state index in [0.717, 1.165) is 5.56 Å². The zero-order chi connectivity index (χ0) is 13.8. The highest BCUT2D eigenvalue weighted by Crippen LogP contribution is 2.23. The molecule has 2 rings (SSSR count). The van der Waals surface area contributed by atoms with E-state index in [1.807, 2.05) is 13.0 Å². The van der Waals surface area contributed by atoms with Gasteiger partial charge < -0.3 is 4.74 Å². The van der Waals surface area contributed by atoms with Gasteiger partial charge in [0.1, 0.15) is 5.75 Å². The van der Waals surface area contributed by atoms with Crippen molar-refractivity contribution in [3.8, 4) is 5.75 Å². The van der Waals surface area contributed by atoms with Gasteiger partial charge in [-0.3, -0.25) is 9.59 Å². The Kier molecular flexibility index (Phi) is 3.76.